The average Bonchev–Trinajstić information content (AvgIpc) is 3.47. The topological polar surface area (TPSA) is 100 Å². The molecule has 2 heterocycles. The first-order chi connectivity index (χ1) is 17.0. The summed E-state index contributed by atoms with van der Waals surface area (Å²) in [6.07, 6.45) is 0. The second-order valence-corrected chi connectivity index (χ2v) is 7.88. The highest BCUT2D eigenvalue weighted by atomic mass is 19.1. The normalized spacial score (nSPS) is 11.1. The molecule has 0 unspecified atom stereocenters. The third-order valence-electron chi connectivity index (χ3n) is 5.52. The molecule has 0 aliphatic heterocycles. The first-order valence-corrected chi connectivity index (χ1v) is 10.8. The van der Waals surface area contributed by atoms with Gasteiger partial charge in [0.25, 0.3) is 5.89 Å². The number of nitrogens with zero attached hydrogens (tertiary/aromatic N) is 3. The molecule has 176 valence electrons. The Kier molecular flexibility index (Phi) is 5.97. The molecule has 0 aliphatic rings. The summed E-state index contributed by atoms with van der Waals surface area (Å²) in [4.78, 5) is 17.2. The van der Waals surface area contributed by atoms with Gasteiger partial charge >= 0.3 is 5.97 Å². The Morgan fingerprint density at radius 2 is 1.69 bits per heavy atom. The van der Waals surface area contributed by atoms with Crippen LogP contribution in [0.1, 0.15) is 33.3 Å². The van der Waals surface area contributed by atoms with Crippen molar-refractivity contribution in [2.75, 3.05) is 0 Å². The van der Waals surface area contributed by atoms with E-state index in [4.69, 9.17) is 18.5 Å². The molecule has 0 bridgehead atoms. The Hall–Kier alpha value is -4.53. The van der Waals surface area contributed by atoms with Gasteiger partial charge < -0.3 is 18.5 Å². The van der Waals surface area contributed by atoms with Gasteiger partial charge in [0, 0.05) is 5.56 Å². The van der Waals surface area contributed by atoms with E-state index in [9.17, 15) is 9.18 Å². The summed E-state index contributed by atoms with van der Waals surface area (Å²) in [7, 11) is 0. The number of ether oxygens (including phenoxy) is 2. The number of fused-ring (bicyclic) bond motifs is 1. The van der Waals surface area contributed by atoms with Crippen molar-refractivity contribution in [3.05, 3.63) is 95.0 Å². The van der Waals surface area contributed by atoms with Crippen LogP contribution < -0.4 is 4.74 Å². The van der Waals surface area contributed by atoms with Crippen LogP contribution in [0.5, 0.6) is 5.75 Å². The maximum Gasteiger partial charge on any atom is 0.342 e. The highest BCUT2D eigenvalue weighted by molar-refractivity contribution is 5.98. The summed E-state index contributed by atoms with van der Waals surface area (Å²) in [5.41, 5.74) is 2.38. The van der Waals surface area contributed by atoms with Gasteiger partial charge in [-0.05, 0) is 61.0 Å². The fraction of sp³-hybridized carbons (Fsp3) is 0.154. The molecular formula is C26H20FN3O5. The van der Waals surface area contributed by atoms with E-state index in [0.29, 0.717) is 17.1 Å². The quantitative estimate of drug-likeness (QED) is 0.283. The van der Waals surface area contributed by atoms with Crippen LogP contribution >= 0.6 is 0 Å². The number of carbonyl (C=O) groups is 1. The molecule has 0 saturated carbocycles. The van der Waals surface area contributed by atoms with Crippen molar-refractivity contribution in [3.8, 4) is 17.1 Å². The summed E-state index contributed by atoms with van der Waals surface area (Å²) in [5.74, 6) is 0.425. The van der Waals surface area contributed by atoms with Crippen molar-refractivity contribution in [1.82, 2.24) is 15.3 Å². The van der Waals surface area contributed by atoms with Gasteiger partial charge in [-0.2, -0.15) is 4.98 Å². The van der Waals surface area contributed by atoms with Gasteiger partial charge in [-0.25, -0.2) is 9.18 Å². The van der Waals surface area contributed by atoms with Crippen LogP contribution in [0.4, 0.5) is 4.39 Å². The molecule has 9 heteroatoms. The van der Waals surface area contributed by atoms with Crippen LogP contribution in [0.25, 0.3) is 22.2 Å². The molecule has 3 aromatic carbocycles. The molecule has 0 spiro atoms. The number of aromatic nitrogens is 3. The van der Waals surface area contributed by atoms with E-state index in [-0.39, 0.29) is 36.3 Å². The Morgan fingerprint density at radius 3 is 2.40 bits per heavy atom. The van der Waals surface area contributed by atoms with Crippen LogP contribution in [0.15, 0.2) is 69.7 Å². The Balaban J connectivity index is 1.35. The third-order valence-corrected chi connectivity index (χ3v) is 5.52. The Bertz CT molecular complexity index is 1490. The number of rotatable bonds is 7. The summed E-state index contributed by atoms with van der Waals surface area (Å²) in [6, 6.07) is 16.8. The molecule has 0 fully saturated rings. The Morgan fingerprint density at radius 1 is 0.943 bits per heavy atom. The second kappa shape index (κ2) is 9.38. The van der Waals surface area contributed by atoms with Gasteiger partial charge in [0.2, 0.25) is 5.82 Å². The molecule has 0 saturated heterocycles. The zero-order valence-corrected chi connectivity index (χ0v) is 18.9. The molecule has 8 nitrogen and oxygen atoms in total. The predicted molar refractivity (Wildman–Crippen MR) is 123 cm³/mol. The lowest BCUT2D eigenvalue weighted by Gasteiger charge is -2.12. The number of esters is 1. The van der Waals surface area contributed by atoms with Gasteiger partial charge in [0.1, 0.15) is 29.5 Å². The molecule has 5 aromatic rings. The van der Waals surface area contributed by atoms with Crippen molar-refractivity contribution in [1.29, 1.82) is 0 Å². The van der Waals surface area contributed by atoms with Crippen molar-refractivity contribution < 1.29 is 27.7 Å². The minimum atomic E-state index is -0.606. The predicted octanol–water partition coefficient (Wildman–Crippen LogP) is 5.57. The van der Waals surface area contributed by atoms with E-state index in [1.54, 1.807) is 19.1 Å². The number of hydrogen-bond acceptors (Lipinski definition) is 8. The van der Waals surface area contributed by atoms with Crippen molar-refractivity contribution >= 4 is 16.7 Å². The number of benzene rings is 3. The lowest BCUT2D eigenvalue weighted by atomic mass is 10.1. The smallest absolute Gasteiger partial charge is 0.342 e. The number of carbonyl (C=O) groups excluding carboxylic acids is 1. The zero-order valence-electron chi connectivity index (χ0n) is 18.9. The van der Waals surface area contributed by atoms with E-state index in [0.717, 1.165) is 22.0 Å². The fourth-order valence-corrected chi connectivity index (χ4v) is 3.59. The van der Waals surface area contributed by atoms with E-state index in [1.807, 2.05) is 31.2 Å². The lowest BCUT2D eigenvalue weighted by Crippen LogP contribution is -2.09. The Labute approximate surface area is 199 Å². The third kappa shape index (κ3) is 4.74. The van der Waals surface area contributed by atoms with E-state index in [2.05, 4.69) is 15.3 Å². The van der Waals surface area contributed by atoms with Gasteiger partial charge in [-0.3, -0.25) is 0 Å². The van der Waals surface area contributed by atoms with Crippen molar-refractivity contribution in [3.63, 3.8) is 0 Å². The van der Waals surface area contributed by atoms with Gasteiger partial charge in [-0.15, -0.1) is 0 Å². The number of hydrogen-bond donors (Lipinski definition) is 0. The first kappa shape index (κ1) is 22.3. The maximum atomic E-state index is 13.1. The molecule has 0 radical (unpaired) electrons. The zero-order chi connectivity index (χ0) is 24.4. The van der Waals surface area contributed by atoms with Gasteiger partial charge in [-0.1, -0.05) is 34.6 Å². The van der Waals surface area contributed by atoms with Crippen molar-refractivity contribution in [2.24, 2.45) is 0 Å². The minimum absolute atomic E-state index is 0.108. The molecule has 0 aliphatic carbocycles. The highest BCUT2D eigenvalue weighted by Gasteiger charge is 2.19. The summed E-state index contributed by atoms with van der Waals surface area (Å²) in [5, 5.41) is 9.58. The van der Waals surface area contributed by atoms with Gasteiger partial charge in [0.15, 0.2) is 6.61 Å². The fourth-order valence-electron chi connectivity index (χ4n) is 3.59. The molecule has 0 amide bonds. The van der Waals surface area contributed by atoms with Crippen LogP contribution in [-0.2, 0) is 18.0 Å². The maximum absolute atomic E-state index is 13.1. The monoisotopic (exact) mass is 473 g/mol. The second-order valence-electron chi connectivity index (χ2n) is 7.88. The first-order valence-electron chi connectivity index (χ1n) is 10.8. The van der Waals surface area contributed by atoms with Crippen LogP contribution in [0, 0.1) is 19.7 Å². The summed E-state index contributed by atoms with van der Waals surface area (Å²) < 4.78 is 35.0. The molecule has 5 rings (SSSR count). The summed E-state index contributed by atoms with van der Waals surface area (Å²) >= 11 is 0. The largest absolute Gasteiger partial charge is 0.488 e. The lowest BCUT2D eigenvalue weighted by molar-refractivity contribution is 0.0425. The average molecular weight is 473 g/mol. The van der Waals surface area contributed by atoms with E-state index < -0.39 is 5.97 Å². The van der Waals surface area contributed by atoms with Crippen molar-refractivity contribution in [2.45, 2.75) is 27.1 Å². The molecule has 0 atom stereocenters. The highest BCUT2D eigenvalue weighted by Crippen LogP contribution is 2.29. The molecule has 35 heavy (non-hydrogen) atoms. The van der Waals surface area contributed by atoms with Gasteiger partial charge in [0.05, 0.1) is 11.3 Å². The SMILES string of the molecule is Cc1noc(C)c1COc1cc2ccccc2cc1C(=O)OCc1nc(-c2ccc(F)cc2)no1. The van der Waals surface area contributed by atoms with Crippen LogP contribution in [0.3, 0.4) is 0 Å². The standard InChI is InChI=1S/C26H20FN3O5/c1-15-22(16(2)34-29-15)13-32-23-12-19-6-4-3-5-18(19)11-21(23)26(31)33-14-24-28-25(30-35-24)17-7-9-20(27)10-8-17/h3-12H,13-14H2,1-2H3. The number of aryl methyl sites for hydroxylation is 2. The van der Waals surface area contributed by atoms with Crippen LogP contribution in [-0.4, -0.2) is 21.3 Å². The van der Waals surface area contributed by atoms with E-state index >= 15 is 0 Å². The minimum Gasteiger partial charge on any atom is -0.488 e. The van der Waals surface area contributed by atoms with Crippen LogP contribution in [0.2, 0.25) is 0 Å². The van der Waals surface area contributed by atoms with E-state index in [1.165, 1.54) is 24.3 Å². The molecule has 2 aromatic heterocycles. The summed E-state index contributed by atoms with van der Waals surface area (Å²) in [6.45, 7) is 3.59. The number of halogens is 1. The molecular weight excluding hydrogens is 453 g/mol. The molecule has 0 N–H and O–H groups in total.